The summed E-state index contributed by atoms with van der Waals surface area (Å²) in [5.41, 5.74) is 7.99. The number of nitrogens with zero attached hydrogens (tertiary/aromatic N) is 6. The third-order valence-corrected chi connectivity index (χ3v) is 4.64. The lowest BCUT2D eigenvalue weighted by Crippen LogP contribution is -2.31. The molecule has 1 aromatic carbocycles. The zero-order chi connectivity index (χ0) is 20.0. The van der Waals surface area contributed by atoms with Gasteiger partial charge in [0.15, 0.2) is 11.5 Å². The van der Waals surface area contributed by atoms with Gasteiger partial charge in [0, 0.05) is 6.20 Å². The largest absolute Gasteiger partial charge is 0.368 e. The summed E-state index contributed by atoms with van der Waals surface area (Å²) >= 11 is 0. The molecule has 0 spiro atoms. The fourth-order valence-corrected chi connectivity index (χ4v) is 3.33. The fraction of sp³-hybridized carbons (Fsp3) is 0.105. The highest BCUT2D eigenvalue weighted by Crippen LogP contribution is 2.23. The molecular weight excluding hydrogens is 370 g/mol. The second-order valence-corrected chi connectivity index (χ2v) is 6.56. The van der Waals surface area contributed by atoms with Crippen LogP contribution >= 0.6 is 0 Å². The number of nitrogen functional groups attached to an aromatic ring is 1. The first-order valence-corrected chi connectivity index (χ1v) is 9.00. The van der Waals surface area contributed by atoms with Crippen LogP contribution in [0.15, 0.2) is 59.8 Å². The number of para-hydroxylation sites is 1. The second kappa shape index (κ2) is 6.44. The first kappa shape index (κ1) is 16.9. The molecule has 0 amide bonds. The highest BCUT2D eigenvalue weighted by Gasteiger charge is 2.20. The average molecular weight is 387 g/mol. The van der Waals surface area contributed by atoms with Gasteiger partial charge in [-0.3, -0.25) is 4.40 Å². The summed E-state index contributed by atoms with van der Waals surface area (Å²) in [6.07, 6.45) is 3.23. The van der Waals surface area contributed by atoms with Crippen LogP contribution in [0, 0.1) is 0 Å². The summed E-state index contributed by atoms with van der Waals surface area (Å²) in [6, 6.07) is 12.6. The standard InChI is InChI=1S/C19H17N9O/c1-11(23-16-14-15(22-10-21-14)25-18(20)26-16)17-24-13-8-5-9-27(13)19(29)28(17)12-6-3-2-4-7-12/h2-11H,1H3,(H4,20,21,22,23,25,26). The molecule has 1 atom stereocenters. The molecule has 0 aliphatic carbocycles. The molecule has 0 fully saturated rings. The van der Waals surface area contributed by atoms with Crippen LogP contribution in [0.2, 0.25) is 0 Å². The van der Waals surface area contributed by atoms with Gasteiger partial charge in [-0.1, -0.05) is 18.2 Å². The molecule has 0 aliphatic heterocycles. The summed E-state index contributed by atoms with van der Waals surface area (Å²) < 4.78 is 3.10. The Hall–Kier alpha value is -4.21. The Balaban J connectivity index is 1.67. The number of benzene rings is 1. The topological polar surface area (TPSA) is 132 Å². The summed E-state index contributed by atoms with van der Waals surface area (Å²) in [5.74, 6) is 1.13. The van der Waals surface area contributed by atoms with E-state index in [2.05, 4.69) is 25.3 Å². The quantitative estimate of drug-likeness (QED) is 0.429. The molecule has 0 saturated carbocycles. The predicted molar refractivity (Wildman–Crippen MR) is 109 cm³/mol. The normalized spacial score (nSPS) is 12.4. The Morgan fingerprint density at radius 3 is 2.76 bits per heavy atom. The van der Waals surface area contributed by atoms with Crippen LogP contribution in [-0.4, -0.2) is 33.9 Å². The molecule has 5 rings (SSSR count). The molecule has 10 heteroatoms. The Labute approximate surface area is 164 Å². The number of imidazole rings is 1. The number of anilines is 2. The molecule has 4 heterocycles. The van der Waals surface area contributed by atoms with Crippen LogP contribution in [0.4, 0.5) is 11.8 Å². The van der Waals surface area contributed by atoms with Crippen molar-refractivity contribution in [3.63, 3.8) is 0 Å². The van der Waals surface area contributed by atoms with Gasteiger partial charge < -0.3 is 16.0 Å². The van der Waals surface area contributed by atoms with Crippen LogP contribution in [0.5, 0.6) is 0 Å². The van der Waals surface area contributed by atoms with Crippen molar-refractivity contribution >= 4 is 28.6 Å². The number of H-pyrrole nitrogens is 1. The Morgan fingerprint density at radius 2 is 1.93 bits per heavy atom. The molecule has 1 unspecified atom stereocenters. The number of nitrogens with one attached hydrogen (secondary N) is 2. The first-order valence-electron chi connectivity index (χ1n) is 9.00. The van der Waals surface area contributed by atoms with Crippen molar-refractivity contribution in [2.45, 2.75) is 13.0 Å². The summed E-state index contributed by atoms with van der Waals surface area (Å²) in [5, 5.41) is 3.29. The van der Waals surface area contributed by atoms with Gasteiger partial charge in [0.1, 0.15) is 17.0 Å². The van der Waals surface area contributed by atoms with Gasteiger partial charge in [-0.25, -0.2) is 19.3 Å². The number of hydrogen-bond acceptors (Lipinski definition) is 7. The number of hydrogen-bond donors (Lipinski definition) is 3. The van der Waals surface area contributed by atoms with E-state index in [0.717, 1.165) is 5.69 Å². The van der Waals surface area contributed by atoms with E-state index in [1.165, 1.54) is 10.7 Å². The maximum absolute atomic E-state index is 13.2. The molecule has 5 aromatic rings. The molecule has 144 valence electrons. The van der Waals surface area contributed by atoms with Gasteiger partial charge >= 0.3 is 5.69 Å². The van der Waals surface area contributed by atoms with Crippen LogP contribution < -0.4 is 16.7 Å². The molecular formula is C19H17N9O. The monoisotopic (exact) mass is 387 g/mol. The minimum absolute atomic E-state index is 0.106. The molecule has 10 nitrogen and oxygen atoms in total. The van der Waals surface area contributed by atoms with E-state index in [1.807, 2.05) is 37.3 Å². The van der Waals surface area contributed by atoms with Gasteiger partial charge in [0.05, 0.1) is 18.1 Å². The van der Waals surface area contributed by atoms with Gasteiger partial charge in [0.2, 0.25) is 5.95 Å². The molecule has 0 saturated heterocycles. The predicted octanol–water partition coefficient (Wildman–Crippen LogP) is 1.91. The Bertz CT molecular complexity index is 1380. The van der Waals surface area contributed by atoms with Crippen LogP contribution in [0.3, 0.4) is 0 Å². The van der Waals surface area contributed by atoms with Crippen molar-refractivity contribution in [2.75, 3.05) is 11.1 Å². The maximum atomic E-state index is 13.2. The summed E-state index contributed by atoms with van der Waals surface area (Å²) in [7, 11) is 0. The lowest BCUT2D eigenvalue weighted by atomic mass is 10.2. The lowest BCUT2D eigenvalue weighted by molar-refractivity contribution is 0.695. The molecule has 4 aromatic heterocycles. The Morgan fingerprint density at radius 1 is 1.10 bits per heavy atom. The minimum atomic E-state index is -0.372. The van der Waals surface area contributed by atoms with E-state index < -0.39 is 0 Å². The molecule has 0 aliphatic rings. The number of fused-ring (bicyclic) bond motifs is 2. The van der Waals surface area contributed by atoms with E-state index in [9.17, 15) is 4.79 Å². The van der Waals surface area contributed by atoms with Gasteiger partial charge in [-0.2, -0.15) is 9.97 Å². The fourth-order valence-electron chi connectivity index (χ4n) is 3.33. The minimum Gasteiger partial charge on any atom is -0.368 e. The Kier molecular flexibility index (Phi) is 3.76. The smallest absolute Gasteiger partial charge is 0.339 e. The third-order valence-electron chi connectivity index (χ3n) is 4.64. The molecule has 0 bridgehead atoms. The second-order valence-electron chi connectivity index (χ2n) is 6.56. The van der Waals surface area contributed by atoms with Crippen molar-refractivity contribution in [3.05, 3.63) is 71.3 Å². The highest BCUT2D eigenvalue weighted by atomic mass is 16.1. The van der Waals surface area contributed by atoms with E-state index in [4.69, 9.17) is 10.7 Å². The third kappa shape index (κ3) is 2.78. The van der Waals surface area contributed by atoms with Crippen LogP contribution in [0.1, 0.15) is 18.8 Å². The maximum Gasteiger partial charge on any atom is 0.339 e. The van der Waals surface area contributed by atoms with Gasteiger partial charge in [-0.15, -0.1) is 0 Å². The SMILES string of the molecule is CC(Nc1nc(N)nc2nc[nH]c12)c1nc2cccn2c(=O)n1-c1ccccc1. The highest BCUT2D eigenvalue weighted by molar-refractivity contribution is 5.83. The summed E-state index contributed by atoms with van der Waals surface area (Å²) in [6.45, 7) is 1.90. The van der Waals surface area contributed by atoms with Crippen molar-refractivity contribution in [3.8, 4) is 5.69 Å². The first-order chi connectivity index (χ1) is 14.1. The molecule has 29 heavy (non-hydrogen) atoms. The average Bonchev–Trinajstić information content (AvgIpc) is 3.37. The molecule has 4 N–H and O–H groups in total. The van der Waals surface area contributed by atoms with Crippen molar-refractivity contribution < 1.29 is 0 Å². The van der Waals surface area contributed by atoms with E-state index >= 15 is 0 Å². The summed E-state index contributed by atoms with van der Waals surface area (Å²) in [4.78, 5) is 33.4. The van der Waals surface area contributed by atoms with Crippen molar-refractivity contribution in [1.82, 2.24) is 33.9 Å². The van der Waals surface area contributed by atoms with Crippen molar-refractivity contribution in [1.29, 1.82) is 0 Å². The number of nitrogens with two attached hydrogens (primary N) is 1. The number of aromatic nitrogens is 7. The zero-order valence-electron chi connectivity index (χ0n) is 15.4. The zero-order valence-corrected chi connectivity index (χ0v) is 15.4. The number of aromatic amines is 1. The van der Waals surface area contributed by atoms with Crippen molar-refractivity contribution in [2.24, 2.45) is 0 Å². The van der Waals surface area contributed by atoms with E-state index in [1.54, 1.807) is 22.9 Å². The van der Waals surface area contributed by atoms with Crippen LogP contribution in [0.25, 0.3) is 22.5 Å². The van der Waals surface area contributed by atoms with E-state index in [-0.39, 0.29) is 17.7 Å². The van der Waals surface area contributed by atoms with Crippen LogP contribution in [-0.2, 0) is 0 Å². The molecule has 0 radical (unpaired) electrons. The lowest BCUT2D eigenvalue weighted by Gasteiger charge is -2.19. The van der Waals surface area contributed by atoms with E-state index in [0.29, 0.717) is 28.5 Å². The van der Waals surface area contributed by atoms with Gasteiger partial charge in [-0.05, 0) is 31.2 Å². The number of rotatable bonds is 4. The van der Waals surface area contributed by atoms with Gasteiger partial charge in [0.25, 0.3) is 0 Å².